The fraction of sp³-hybridized carbons (Fsp3) is 0.500. The molecule has 0 spiro atoms. The molecule has 3 nitrogen and oxygen atoms in total. The minimum atomic E-state index is -1.32. The third-order valence-electron chi connectivity index (χ3n) is 2.75. The number of benzene rings is 1. The van der Waals surface area contributed by atoms with Crippen molar-refractivity contribution in [2.45, 2.75) is 32.2 Å². The van der Waals surface area contributed by atoms with Gasteiger partial charge in [0.15, 0.2) is 0 Å². The standard InChI is InChI=1S/C12H17NO2/c1-12(2,14)9-5-4-8-7-13-11(15-3)10(8)6-9/h4-6,11,13-14H,7H2,1-3H3/i3D2. The summed E-state index contributed by atoms with van der Waals surface area (Å²) in [7, 11) is -1.32. The van der Waals surface area contributed by atoms with Crippen molar-refractivity contribution < 1.29 is 12.6 Å². The molecule has 3 heteroatoms. The Labute approximate surface area is 92.9 Å². The predicted molar refractivity (Wildman–Crippen MR) is 58.3 cm³/mol. The van der Waals surface area contributed by atoms with Gasteiger partial charge >= 0.3 is 0 Å². The van der Waals surface area contributed by atoms with E-state index in [2.05, 4.69) is 5.32 Å². The fourth-order valence-corrected chi connectivity index (χ4v) is 1.81. The highest BCUT2D eigenvalue weighted by Crippen LogP contribution is 2.30. The van der Waals surface area contributed by atoms with Crippen LogP contribution in [-0.2, 0) is 16.9 Å². The quantitative estimate of drug-likeness (QED) is 0.778. The normalized spacial score (nSPS) is 22.5. The minimum absolute atomic E-state index is 0.424. The molecule has 0 bridgehead atoms. The van der Waals surface area contributed by atoms with E-state index in [0.717, 1.165) is 16.7 Å². The van der Waals surface area contributed by atoms with E-state index in [9.17, 15) is 5.11 Å². The third-order valence-corrected chi connectivity index (χ3v) is 2.75. The van der Waals surface area contributed by atoms with Crippen LogP contribution in [0.2, 0.25) is 0 Å². The van der Waals surface area contributed by atoms with Gasteiger partial charge in [-0.25, -0.2) is 0 Å². The number of aliphatic hydroxyl groups is 1. The van der Waals surface area contributed by atoms with E-state index in [1.54, 1.807) is 13.8 Å². The number of hydrogen-bond acceptors (Lipinski definition) is 3. The maximum Gasteiger partial charge on any atom is 0.134 e. The molecule has 0 aliphatic carbocycles. The highest BCUT2D eigenvalue weighted by atomic mass is 16.5. The van der Waals surface area contributed by atoms with Crippen LogP contribution in [-0.4, -0.2) is 12.2 Å². The average molecular weight is 209 g/mol. The Morgan fingerprint density at radius 2 is 2.40 bits per heavy atom. The van der Waals surface area contributed by atoms with Gasteiger partial charge in [-0.15, -0.1) is 0 Å². The monoisotopic (exact) mass is 209 g/mol. The van der Waals surface area contributed by atoms with Gasteiger partial charge in [0.2, 0.25) is 0 Å². The van der Waals surface area contributed by atoms with Crippen molar-refractivity contribution in [2.24, 2.45) is 0 Å². The third kappa shape index (κ3) is 1.91. The Hall–Kier alpha value is -0.900. The molecule has 15 heavy (non-hydrogen) atoms. The molecule has 0 aromatic heterocycles. The SMILES string of the molecule is [2H]C([2H])OC1NCc2ccc(C(C)(C)O)cc21. The lowest BCUT2D eigenvalue weighted by atomic mass is 9.94. The van der Waals surface area contributed by atoms with E-state index >= 15 is 0 Å². The maximum absolute atomic E-state index is 9.95. The number of methoxy groups -OCH3 is 1. The van der Waals surface area contributed by atoms with E-state index in [0.29, 0.717) is 6.54 Å². The van der Waals surface area contributed by atoms with Gasteiger partial charge in [0.05, 0.1) is 8.34 Å². The number of nitrogens with one attached hydrogen (secondary N) is 1. The van der Waals surface area contributed by atoms with Crippen LogP contribution in [0.3, 0.4) is 0 Å². The van der Waals surface area contributed by atoms with Crippen LogP contribution in [0.15, 0.2) is 18.2 Å². The first kappa shape index (κ1) is 8.28. The molecule has 1 aromatic carbocycles. The Kier molecular flexibility index (Phi) is 1.98. The van der Waals surface area contributed by atoms with E-state index in [4.69, 9.17) is 7.48 Å². The summed E-state index contributed by atoms with van der Waals surface area (Å²) in [6.07, 6.45) is -0.424. The van der Waals surface area contributed by atoms with Gasteiger partial charge in [0.1, 0.15) is 6.23 Å². The summed E-state index contributed by atoms with van der Waals surface area (Å²) in [5.41, 5.74) is 1.90. The highest BCUT2D eigenvalue weighted by molar-refractivity contribution is 5.38. The molecule has 0 saturated heterocycles. The van der Waals surface area contributed by atoms with E-state index in [1.807, 2.05) is 18.2 Å². The second-order valence-corrected chi connectivity index (χ2v) is 4.37. The molecule has 82 valence electrons. The molecule has 0 amide bonds. The van der Waals surface area contributed by atoms with E-state index in [1.165, 1.54) is 0 Å². The smallest absolute Gasteiger partial charge is 0.134 e. The Morgan fingerprint density at radius 1 is 1.60 bits per heavy atom. The maximum atomic E-state index is 9.95. The van der Waals surface area contributed by atoms with Crippen LogP contribution in [0.5, 0.6) is 0 Å². The van der Waals surface area contributed by atoms with Crippen LogP contribution in [0.1, 0.15) is 39.5 Å². The molecule has 1 unspecified atom stereocenters. The van der Waals surface area contributed by atoms with Crippen molar-refractivity contribution in [2.75, 3.05) is 7.06 Å². The molecular formula is C12H17NO2. The molecule has 2 rings (SSSR count). The van der Waals surface area contributed by atoms with Gasteiger partial charge in [-0.3, -0.25) is 5.32 Å². The Bertz CT molecular complexity index is 415. The molecule has 0 fully saturated rings. The molecular weight excluding hydrogens is 190 g/mol. The number of ether oxygens (including phenoxy) is 1. The van der Waals surface area contributed by atoms with Crippen LogP contribution in [0.25, 0.3) is 0 Å². The lowest BCUT2D eigenvalue weighted by Crippen LogP contribution is -2.17. The zero-order valence-corrected chi connectivity index (χ0v) is 8.95. The molecule has 1 aliphatic rings. The van der Waals surface area contributed by atoms with Crippen LogP contribution >= 0.6 is 0 Å². The molecule has 1 aliphatic heterocycles. The second kappa shape index (κ2) is 3.59. The summed E-state index contributed by atoms with van der Waals surface area (Å²) >= 11 is 0. The van der Waals surface area contributed by atoms with Gasteiger partial charge < -0.3 is 9.84 Å². The second-order valence-electron chi connectivity index (χ2n) is 4.37. The summed E-state index contributed by atoms with van der Waals surface area (Å²) in [6, 6.07) is 5.71. The van der Waals surface area contributed by atoms with Gasteiger partial charge in [-0.1, -0.05) is 12.1 Å². The first-order chi connectivity index (χ1) is 7.88. The zero-order chi connectivity index (χ0) is 12.6. The first-order valence-electron chi connectivity index (χ1n) is 6.12. The number of fused-ring (bicyclic) bond motifs is 1. The van der Waals surface area contributed by atoms with Crippen molar-refractivity contribution in [3.8, 4) is 0 Å². The van der Waals surface area contributed by atoms with Gasteiger partial charge in [-0.2, -0.15) is 0 Å². The van der Waals surface area contributed by atoms with Crippen molar-refractivity contribution in [1.29, 1.82) is 0 Å². The molecule has 0 saturated carbocycles. The average Bonchev–Trinajstić information content (AvgIpc) is 2.59. The largest absolute Gasteiger partial charge is 0.386 e. The van der Waals surface area contributed by atoms with Crippen molar-refractivity contribution in [1.82, 2.24) is 5.32 Å². The Morgan fingerprint density at radius 3 is 3.07 bits per heavy atom. The van der Waals surface area contributed by atoms with Crippen LogP contribution in [0, 0.1) is 0 Å². The molecule has 0 radical (unpaired) electrons. The summed E-state index contributed by atoms with van der Waals surface area (Å²) in [4.78, 5) is 0. The minimum Gasteiger partial charge on any atom is -0.386 e. The summed E-state index contributed by atoms with van der Waals surface area (Å²) in [6.45, 7) is 4.12. The van der Waals surface area contributed by atoms with Crippen LogP contribution < -0.4 is 5.32 Å². The van der Waals surface area contributed by atoms with E-state index in [-0.39, 0.29) is 0 Å². The summed E-state index contributed by atoms with van der Waals surface area (Å²) in [5.74, 6) is 0. The molecule has 1 heterocycles. The highest BCUT2D eigenvalue weighted by Gasteiger charge is 2.24. The van der Waals surface area contributed by atoms with Gasteiger partial charge in [0.25, 0.3) is 0 Å². The number of rotatable bonds is 2. The van der Waals surface area contributed by atoms with Gasteiger partial charge in [-0.05, 0) is 31.0 Å². The molecule has 1 atom stereocenters. The lowest BCUT2D eigenvalue weighted by Gasteiger charge is -2.19. The predicted octanol–water partition coefficient (Wildman–Crippen LogP) is 1.66. The van der Waals surface area contributed by atoms with Crippen LogP contribution in [0.4, 0.5) is 0 Å². The summed E-state index contributed by atoms with van der Waals surface area (Å²) in [5, 5.41) is 13.0. The van der Waals surface area contributed by atoms with Crippen molar-refractivity contribution >= 4 is 0 Å². The first-order valence-corrected chi connectivity index (χ1v) is 4.97. The fourth-order valence-electron chi connectivity index (χ4n) is 1.81. The van der Waals surface area contributed by atoms with Crippen molar-refractivity contribution in [3.05, 3.63) is 34.9 Å². The van der Waals surface area contributed by atoms with E-state index < -0.39 is 18.9 Å². The Balaban J connectivity index is 2.31. The van der Waals surface area contributed by atoms with Crippen molar-refractivity contribution in [3.63, 3.8) is 0 Å². The molecule has 2 N–H and O–H groups in total. The van der Waals surface area contributed by atoms with Gasteiger partial charge in [0, 0.05) is 19.2 Å². The molecule has 1 aromatic rings. The number of hydrogen-bond donors (Lipinski definition) is 2. The lowest BCUT2D eigenvalue weighted by molar-refractivity contribution is 0.0750. The summed E-state index contributed by atoms with van der Waals surface area (Å²) < 4.78 is 19.4. The zero-order valence-electron chi connectivity index (χ0n) is 10.9. The topological polar surface area (TPSA) is 41.5 Å².